The topological polar surface area (TPSA) is 59.0 Å². The van der Waals surface area contributed by atoms with Gasteiger partial charge < -0.3 is 5.32 Å². The second-order valence-corrected chi connectivity index (χ2v) is 12.9. The van der Waals surface area contributed by atoms with Gasteiger partial charge in [-0.25, -0.2) is 4.39 Å². The van der Waals surface area contributed by atoms with E-state index in [2.05, 4.69) is 45.3 Å². The maximum Gasteiger partial charge on any atom is 0.237 e. The van der Waals surface area contributed by atoms with Crippen LogP contribution in [0.1, 0.15) is 83.5 Å². The molecular formula is C28H38ClFN4O. The zero-order valence-corrected chi connectivity index (χ0v) is 22.2. The van der Waals surface area contributed by atoms with Gasteiger partial charge in [0.05, 0.1) is 22.3 Å². The second-order valence-electron chi connectivity index (χ2n) is 12.5. The molecule has 2 bridgehead atoms. The van der Waals surface area contributed by atoms with E-state index in [1.807, 2.05) is 23.0 Å². The Labute approximate surface area is 213 Å². The average Bonchev–Trinajstić information content (AvgIpc) is 3.47. The third kappa shape index (κ3) is 4.53. The van der Waals surface area contributed by atoms with Crippen LogP contribution in [0.2, 0.25) is 5.02 Å². The highest BCUT2D eigenvalue weighted by molar-refractivity contribution is 6.30. The zero-order valence-electron chi connectivity index (χ0n) is 21.4. The number of nitrogens with zero attached hydrogens (tertiary/aromatic N) is 2. The van der Waals surface area contributed by atoms with Crippen molar-refractivity contribution >= 4 is 17.5 Å². The minimum atomic E-state index is -0.448. The highest BCUT2D eigenvalue weighted by Crippen LogP contribution is 2.61. The Morgan fingerprint density at radius 3 is 2.66 bits per heavy atom. The minimum absolute atomic E-state index is 0.0291. The summed E-state index contributed by atoms with van der Waals surface area (Å²) in [5.74, 6) is 1.65. The Bertz CT molecular complexity index is 1100. The first-order valence-corrected chi connectivity index (χ1v) is 13.4. The van der Waals surface area contributed by atoms with E-state index in [1.165, 1.54) is 25.3 Å². The van der Waals surface area contributed by atoms with E-state index in [1.54, 1.807) is 6.07 Å². The van der Waals surface area contributed by atoms with E-state index in [9.17, 15) is 9.18 Å². The van der Waals surface area contributed by atoms with Crippen LogP contribution >= 0.6 is 11.6 Å². The number of amides is 1. The van der Waals surface area contributed by atoms with E-state index in [-0.39, 0.29) is 34.5 Å². The molecule has 3 saturated carbocycles. The molecule has 0 spiro atoms. The Morgan fingerprint density at radius 1 is 1.26 bits per heavy atom. The molecule has 0 unspecified atom stereocenters. The first-order chi connectivity index (χ1) is 16.4. The van der Waals surface area contributed by atoms with E-state index >= 15 is 0 Å². The molecule has 1 aliphatic heterocycles. The number of hydrogen-bond acceptors (Lipinski definition) is 3. The molecule has 4 aliphatic rings. The van der Waals surface area contributed by atoms with Crippen LogP contribution in [0.25, 0.3) is 0 Å². The molecule has 1 aromatic carbocycles. The highest BCUT2D eigenvalue weighted by Gasteiger charge is 2.54. The van der Waals surface area contributed by atoms with Gasteiger partial charge in [0, 0.05) is 24.7 Å². The maximum atomic E-state index is 14.3. The van der Waals surface area contributed by atoms with Crippen LogP contribution in [0.15, 0.2) is 30.5 Å². The first kappa shape index (κ1) is 24.8. The third-order valence-corrected chi connectivity index (χ3v) is 9.42. The SMILES string of the molecule is CC1(C)[C@H]2CC[C@@H](CNC(=O)[C@@H]3C[C@@H](c4ccn(C(C)(C)C)n4)[C@H](c4ccc(Cl)c(F)c4)N3)[C@H]1C2. The van der Waals surface area contributed by atoms with Crippen molar-refractivity contribution in [2.45, 2.75) is 83.8 Å². The largest absolute Gasteiger partial charge is 0.354 e. The van der Waals surface area contributed by atoms with Gasteiger partial charge in [0.1, 0.15) is 5.82 Å². The molecule has 7 heteroatoms. The van der Waals surface area contributed by atoms with Crippen LogP contribution in [0.3, 0.4) is 0 Å². The summed E-state index contributed by atoms with van der Waals surface area (Å²) in [6.07, 6.45) is 6.38. The maximum absolute atomic E-state index is 14.3. The molecule has 0 radical (unpaired) electrons. The lowest BCUT2D eigenvalue weighted by molar-refractivity contribution is -0.126. The van der Waals surface area contributed by atoms with Crippen molar-refractivity contribution in [3.63, 3.8) is 0 Å². The molecule has 6 rings (SSSR count). The van der Waals surface area contributed by atoms with Gasteiger partial charge in [-0.15, -0.1) is 0 Å². The summed E-state index contributed by atoms with van der Waals surface area (Å²) < 4.78 is 16.3. The summed E-state index contributed by atoms with van der Waals surface area (Å²) >= 11 is 5.95. The third-order valence-electron chi connectivity index (χ3n) is 9.11. The summed E-state index contributed by atoms with van der Waals surface area (Å²) in [4.78, 5) is 13.3. The number of benzene rings is 1. The van der Waals surface area contributed by atoms with Crippen LogP contribution in [-0.2, 0) is 10.3 Å². The molecule has 6 atom stereocenters. The molecule has 4 fully saturated rings. The van der Waals surface area contributed by atoms with Gasteiger partial charge in [-0.2, -0.15) is 5.10 Å². The van der Waals surface area contributed by atoms with Gasteiger partial charge in [0.25, 0.3) is 0 Å². The van der Waals surface area contributed by atoms with Crippen molar-refractivity contribution in [3.8, 4) is 0 Å². The van der Waals surface area contributed by atoms with Crippen LogP contribution in [-0.4, -0.2) is 28.3 Å². The fourth-order valence-corrected chi connectivity index (χ4v) is 6.89. The second kappa shape index (κ2) is 8.88. The standard InChI is InChI=1S/C28H38ClFN4O/c1-27(2,3)34-11-10-23(33-34)19-14-24(32-25(19)16-7-9-21(29)22(30)12-16)26(35)31-15-17-6-8-18-13-20(17)28(18,4)5/h7,9-12,17-20,24-25,32H,6,8,13-15H2,1-5H3,(H,31,35)/t17-,18-,19-,20+,24-,25-/m0/s1. The molecule has 2 aromatic rings. The Morgan fingerprint density at radius 2 is 2.03 bits per heavy atom. The smallest absolute Gasteiger partial charge is 0.237 e. The molecule has 1 aromatic heterocycles. The van der Waals surface area contributed by atoms with Crippen LogP contribution in [0.5, 0.6) is 0 Å². The number of rotatable bonds is 5. The number of hydrogen-bond donors (Lipinski definition) is 2. The number of nitrogens with one attached hydrogen (secondary N) is 2. The summed E-state index contributed by atoms with van der Waals surface area (Å²) in [6, 6.07) is 6.35. The Hall–Kier alpha value is -1.92. The molecule has 1 saturated heterocycles. The van der Waals surface area contributed by atoms with E-state index in [0.29, 0.717) is 23.7 Å². The zero-order chi connectivity index (χ0) is 25.1. The molecule has 35 heavy (non-hydrogen) atoms. The van der Waals surface area contributed by atoms with Crippen molar-refractivity contribution in [2.75, 3.05) is 6.54 Å². The van der Waals surface area contributed by atoms with Gasteiger partial charge >= 0.3 is 0 Å². The monoisotopic (exact) mass is 500 g/mol. The molecule has 2 heterocycles. The van der Waals surface area contributed by atoms with Crippen molar-refractivity contribution in [1.29, 1.82) is 0 Å². The van der Waals surface area contributed by atoms with E-state index < -0.39 is 5.82 Å². The summed E-state index contributed by atoms with van der Waals surface area (Å²) in [5, 5.41) is 11.7. The lowest BCUT2D eigenvalue weighted by atomic mass is 9.45. The lowest BCUT2D eigenvalue weighted by Gasteiger charge is -2.60. The number of halogens is 2. The van der Waals surface area contributed by atoms with Gasteiger partial charge in [-0.1, -0.05) is 31.5 Å². The van der Waals surface area contributed by atoms with Crippen LogP contribution < -0.4 is 10.6 Å². The van der Waals surface area contributed by atoms with Crippen molar-refractivity contribution in [2.24, 2.45) is 23.2 Å². The summed E-state index contributed by atoms with van der Waals surface area (Å²) in [7, 11) is 0. The summed E-state index contributed by atoms with van der Waals surface area (Å²) in [5.41, 5.74) is 1.96. The van der Waals surface area contributed by atoms with E-state index in [0.717, 1.165) is 23.7 Å². The highest BCUT2D eigenvalue weighted by atomic mass is 35.5. The van der Waals surface area contributed by atoms with Crippen molar-refractivity contribution < 1.29 is 9.18 Å². The van der Waals surface area contributed by atoms with E-state index in [4.69, 9.17) is 16.7 Å². The fraction of sp³-hybridized carbons (Fsp3) is 0.643. The van der Waals surface area contributed by atoms with Crippen molar-refractivity contribution in [1.82, 2.24) is 20.4 Å². The molecular weight excluding hydrogens is 463 g/mol. The van der Waals surface area contributed by atoms with Gasteiger partial charge in [-0.05, 0) is 93.4 Å². The summed E-state index contributed by atoms with van der Waals surface area (Å²) in [6.45, 7) is 11.8. The molecule has 3 aliphatic carbocycles. The Balaban J connectivity index is 1.33. The predicted molar refractivity (Wildman–Crippen MR) is 137 cm³/mol. The predicted octanol–water partition coefficient (Wildman–Crippen LogP) is 5.81. The Kier molecular flexibility index (Phi) is 6.28. The van der Waals surface area contributed by atoms with Crippen LogP contribution in [0, 0.1) is 29.0 Å². The fourth-order valence-electron chi connectivity index (χ4n) is 6.77. The average molecular weight is 501 g/mol. The molecule has 2 N–H and O–H groups in total. The van der Waals surface area contributed by atoms with Gasteiger partial charge in [0.15, 0.2) is 0 Å². The quantitative estimate of drug-likeness (QED) is 0.545. The molecule has 190 valence electrons. The number of fused-ring (bicyclic) bond motifs is 2. The van der Waals surface area contributed by atoms with Gasteiger partial charge in [-0.3, -0.25) is 14.8 Å². The molecule has 1 amide bonds. The lowest BCUT2D eigenvalue weighted by Crippen LogP contribution is -2.55. The molecule has 5 nitrogen and oxygen atoms in total. The normalized spacial score (nSPS) is 31.7. The first-order valence-electron chi connectivity index (χ1n) is 13.0. The minimum Gasteiger partial charge on any atom is -0.354 e. The number of aromatic nitrogens is 2. The van der Waals surface area contributed by atoms with Crippen molar-refractivity contribution in [3.05, 3.63) is 52.6 Å². The number of carbonyl (C=O) groups is 1. The number of carbonyl (C=O) groups excluding carboxylic acids is 1. The van der Waals surface area contributed by atoms with Gasteiger partial charge in [0.2, 0.25) is 5.91 Å². The van der Waals surface area contributed by atoms with Crippen LogP contribution in [0.4, 0.5) is 4.39 Å².